The van der Waals surface area contributed by atoms with Gasteiger partial charge >= 0.3 is 5.97 Å². The first-order valence-corrected chi connectivity index (χ1v) is 5.71. The molecule has 2 nitrogen and oxygen atoms in total. The molecule has 0 N–H and O–H groups in total. The molecule has 0 atom stereocenters. The molecule has 0 amide bonds. The fourth-order valence-electron chi connectivity index (χ4n) is 0.994. The van der Waals surface area contributed by atoms with Crippen molar-refractivity contribution in [3.8, 4) is 0 Å². The van der Waals surface area contributed by atoms with Crippen LogP contribution >= 0.6 is 15.9 Å². The molecule has 0 rings (SSSR count). The Morgan fingerprint density at radius 1 is 1.46 bits per heavy atom. The topological polar surface area (TPSA) is 26.3 Å². The number of unbranched alkanes of at least 4 members (excludes halogenated alkanes) is 3. The number of methoxy groups -OCH3 is 1. The maximum Gasteiger partial charge on any atom is 0.334 e. The number of allylic oxidation sites excluding steroid dienone is 1. The van der Waals surface area contributed by atoms with Gasteiger partial charge in [-0.3, -0.25) is 0 Å². The van der Waals surface area contributed by atoms with Gasteiger partial charge in [-0.05, 0) is 12.8 Å². The maximum absolute atomic E-state index is 11.1. The number of rotatable bonds is 6. The minimum atomic E-state index is -0.228. The van der Waals surface area contributed by atoms with Crippen LogP contribution in [0.4, 0.5) is 0 Å². The van der Waals surface area contributed by atoms with E-state index in [2.05, 4.69) is 27.6 Å². The van der Waals surface area contributed by atoms with E-state index in [9.17, 15) is 4.79 Å². The predicted molar refractivity (Wildman–Crippen MR) is 58.0 cm³/mol. The molecule has 0 aromatic carbocycles. The molecule has 0 aliphatic rings. The second kappa shape index (κ2) is 8.30. The molecular weight excluding hydrogens is 232 g/mol. The summed E-state index contributed by atoms with van der Waals surface area (Å²) in [6.45, 7) is 2.16. The molecule has 0 heterocycles. The SMILES string of the molecule is CCCCCC=C(CBr)C(=O)OC. The van der Waals surface area contributed by atoms with Gasteiger partial charge in [0.15, 0.2) is 0 Å². The Bertz CT molecular complexity index is 176. The van der Waals surface area contributed by atoms with Crippen LogP contribution in [-0.4, -0.2) is 18.4 Å². The van der Waals surface area contributed by atoms with E-state index in [-0.39, 0.29) is 5.97 Å². The molecule has 0 saturated heterocycles. The van der Waals surface area contributed by atoms with E-state index in [0.29, 0.717) is 5.33 Å². The summed E-state index contributed by atoms with van der Waals surface area (Å²) in [5.41, 5.74) is 0.721. The van der Waals surface area contributed by atoms with E-state index < -0.39 is 0 Å². The summed E-state index contributed by atoms with van der Waals surface area (Å²) in [7, 11) is 1.41. The molecule has 0 spiro atoms. The zero-order chi connectivity index (χ0) is 10.1. The summed E-state index contributed by atoms with van der Waals surface area (Å²) in [6, 6.07) is 0. The Hall–Kier alpha value is -0.310. The summed E-state index contributed by atoms with van der Waals surface area (Å²) in [6.07, 6.45) is 6.48. The van der Waals surface area contributed by atoms with Gasteiger partial charge in [0.25, 0.3) is 0 Å². The molecule has 0 radical (unpaired) electrons. The minimum Gasteiger partial charge on any atom is -0.466 e. The largest absolute Gasteiger partial charge is 0.466 e. The van der Waals surface area contributed by atoms with Crippen molar-refractivity contribution in [2.45, 2.75) is 32.6 Å². The summed E-state index contributed by atoms with van der Waals surface area (Å²) in [4.78, 5) is 11.1. The average Bonchev–Trinajstić information content (AvgIpc) is 2.17. The number of alkyl halides is 1. The lowest BCUT2D eigenvalue weighted by Gasteiger charge is -2.00. The molecule has 13 heavy (non-hydrogen) atoms. The van der Waals surface area contributed by atoms with Crippen molar-refractivity contribution in [3.63, 3.8) is 0 Å². The van der Waals surface area contributed by atoms with Crippen molar-refractivity contribution in [1.29, 1.82) is 0 Å². The monoisotopic (exact) mass is 248 g/mol. The summed E-state index contributed by atoms with van der Waals surface area (Å²) >= 11 is 3.26. The molecule has 0 aromatic rings. The zero-order valence-corrected chi connectivity index (χ0v) is 9.89. The van der Waals surface area contributed by atoms with Crippen molar-refractivity contribution in [3.05, 3.63) is 11.6 Å². The van der Waals surface area contributed by atoms with Gasteiger partial charge in [0.1, 0.15) is 0 Å². The number of carbonyl (C=O) groups is 1. The van der Waals surface area contributed by atoms with Crippen LogP contribution in [0.1, 0.15) is 32.6 Å². The number of esters is 1. The normalized spacial score (nSPS) is 11.5. The molecule has 0 aliphatic carbocycles. The lowest BCUT2D eigenvalue weighted by Crippen LogP contribution is -2.05. The molecular formula is C10H17BrO2. The molecule has 0 bridgehead atoms. The maximum atomic E-state index is 11.1. The van der Waals surface area contributed by atoms with Gasteiger partial charge in [0.2, 0.25) is 0 Å². The number of hydrogen-bond donors (Lipinski definition) is 0. The third-order valence-electron chi connectivity index (χ3n) is 1.79. The summed E-state index contributed by atoms with van der Waals surface area (Å²) in [5, 5.41) is 0.575. The quantitative estimate of drug-likeness (QED) is 0.313. The Balaban J connectivity index is 3.85. The van der Waals surface area contributed by atoms with Gasteiger partial charge in [0.05, 0.1) is 7.11 Å². The standard InChI is InChI=1S/C10H17BrO2/c1-3-4-5-6-7-9(8-11)10(12)13-2/h7H,3-6,8H2,1-2H3. The van der Waals surface area contributed by atoms with Crippen molar-refractivity contribution in [2.24, 2.45) is 0 Å². The molecule has 0 unspecified atom stereocenters. The molecule has 0 saturated carbocycles. The Morgan fingerprint density at radius 3 is 2.62 bits per heavy atom. The smallest absolute Gasteiger partial charge is 0.334 e. The molecule has 3 heteroatoms. The highest BCUT2D eigenvalue weighted by atomic mass is 79.9. The van der Waals surface area contributed by atoms with E-state index in [0.717, 1.165) is 18.4 Å². The molecule has 0 aliphatic heterocycles. The van der Waals surface area contributed by atoms with Gasteiger partial charge in [-0.1, -0.05) is 41.8 Å². The van der Waals surface area contributed by atoms with E-state index in [4.69, 9.17) is 0 Å². The van der Waals surface area contributed by atoms with Crippen molar-refractivity contribution in [1.82, 2.24) is 0 Å². The van der Waals surface area contributed by atoms with E-state index in [1.54, 1.807) is 0 Å². The van der Waals surface area contributed by atoms with E-state index >= 15 is 0 Å². The first-order valence-electron chi connectivity index (χ1n) is 4.59. The third kappa shape index (κ3) is 5.86. The molecule has 0 aromatic heterocycles. The third-order valence-corrected chi connectivity index (χ3v) is 2.39. The lowest BCUT2D eigenvalue weighted by atomic mass is 10.1. The van der Waals surface area contributed by atoms with Crippen molar-refractivity contribution < 1.29 is 9.53 Å². The summed E-state index contributed by atoms with van der Waals surface area (Å²) in [5.74, 6) is -0.228. The first-order chi connectivity index (χ1) is 6.26. The Labute approximate surface area is 88.5 Å². The van der Waals surface area contributed by atoms with Crippen molar-refractivity contribution in [2.75, 3.05) is 12.4 Å². The van der Waals surface area contributed by atoms with Crippen molar-refractivity contribution >= 4 is 21.9 Å². The second-order valence-electron chi connectivity index (χ2n) is 2.85. The van der Waals surface area contributed by atoms with Crippen LogP contribution in [0.25, 0.3) is 0 Å². The van der Waals surface area contributed by atoms with Gasteiger partial charge in [-0.15, -0.1) is 0 Å². The van der Waals surface area contributed by atoms with Crippen LogP contribution in [0.5, 0.6) is 0 Å². The minimum absolute atomic E-state index is 0.228. The van der Waals surface area contributed by atoms with Crippen LogP contribution in [-0.2, 0) is 9.53 Å². The summed E-state index contributed by atoms with van der Waals surface area (Å²) < 4.78 is 4.62. The highest BCUT2D eigenvalue weighted by Gasteiger charge is 2.05. The lowest BCUT2D eigenvalue weighted by molar-refractivity contribution is -0.135. The van der Waals surface area contributed by atoms with Crippen LogP contribution in [0.2, 0.25) is 0 Å². The van der Waals surface area contributed by atoms with Crippen LogP contribution in [0.3, 0.4) is 0 Å². The Kier molecular flexibility index (Phi) is 8.10. The van der Waals surface area contributed by atoms with Crippen LogP contribution in [0, 0.1) is 0 Å². The van der Waals surface area contributed by atoms with Gasteiger partial charge < -0.3 is 4.74 Å². The van der Waals surface area contributed by atoms with Gasteiger partial charge in [0, 0.05) is 10.9 Å². The number of carbonyl (C=O) groups excluding carboxylic acids is 1. The zero-order valence-electron chi connectivity index (χ0n) is 8.31. The highest BCUT2D eigenvalue weighted by molar-refractivity contribution is 9.09. The molecule has 76 valence electrons. The average molecular weight is 249 g/mol. The number of ether oxygens (including phenoxy) is 1. The van der Waals surface area contributed by atoms with Gasteiger partial charge in [-0.25, -0.2) is 4.79 Å². The number of hydrogen-bond acceptors (Lipinski definition) is 2. The predicted octanol–water partition coefficient (Wildman–Crippen LogP) is 3.06. The fourth-order valence-corrected chi connectivity index (χ4v) is 1.45. The van der Waals surface area contributed by atoms with Crippen LogP contribution in [0.15, 0.2) is 11.6 Å². The fraction of sp³-hybridized carbons (Fsp3) is 0.700. The van der Waals surface area contributed by atoms with E-state index in [1.165, 1.54) is 20.0 Å². The number of halogens is 1. The highest BCUT2D eigenvalue weighted by Crippen LogP contribution is 2.07. The van der Waals surface area contributed by atoms with Gasteiger partial charge in [-0.2, -0.15) is 0 Å². The van der Waals surface area contributed by atoms with E-state index in [1.807, 2.05) is 6.08 Å². The molecule has 0 fully saturated rings. The Morgan fingerprint density at radius 2 is 2.15 bits per heavy atom. The second-order valence-corrected chi connectivity index (χ2v) is 3.41. The first kappa shape index (κ1) is 12.7. The van der Waals surface area contributed by atoms with Crippen LogP contribution < -0.4 is 0 Å².